The zero-order chi connectivity index (χ0) is 21.1. The van der Waals surface area contributed by atoms with Crippen LogP contribution in [-0.2, 0) is 39.6 Å². The molecule has 0 saturated heterocycles. The molecule has 1 aromatic carbocycles. The van der Waals surface area contributed by atoms with Gasteiger partial charge >= 0.3 is 18.3 Å². The van der Waals surface area contributed by atoms with Gasteiger partial charge in [-0.15, -0.1) is 0 Å². The van der Waals surface area contributed by atoms with E-state index in [0.717, 1.165) is 11.8 Å². The topological polar surface area (TPSA) is 73.2 Å². The number of alkyl halides is 6. The predicted molar refractivity (Wildman–Crippen MR) is 83.0 cm³/mol. The number of carbonyl (C=O) groups excluding carboxylic acids is 2. The molecule has 2 aromatic rings. The first-order valence-corrected chi connectivity index (χ1v) is 7.57. The van der Waals surface area contributed by atoms with Crippen LogP contribution < -0.4 is 5.32 Å². The SMILES string of the molecule is COC(=O)Cc1ccnn1CC(=O)Nc1cc(C(F)(F)F)cc(C(F)(F)F)c1. The number of hydrogen-bond donors (Lipinski definition) is 1. The number of carbonyl (C=O) groups is 2. The molecule has 6 nitrogen and oxygen atoms in total. The number of nitrogens with one attached hydrogen (secondary N) is 1. The van der Waals surface area contributed by atoms with Crippen molar-refractivity contribution in [3.8, 4) is 0 Å². The summed E-state index contributed by atoms with van der Waals surface area (Å²) in [5.74, 6) is -1.54. The molecule has 0 atom stereocenters. The van der Waals surface area contributed by atoms with Crippen molar-refractivity contribution in [2.75, 3.05) is 12.4 Å². The molecule has 0 saturated carbocycles. The third-order valence-electron chi connectivity index (χ3n) is 3.52. The number of esters is 1. The molecule has 1 aromatic heterocycles. The lowest BCUT2D eigenvalue weighted by Gasteiger charge is -2.15. The van der Waals surface area contributed by atoms with E-state index in [9.17, 15) is 35.9 Å². The minimum atomic E-state index is -5.03. The number of ether oxygens (including phenoxy) is 1. The highest BCUT2D eigenvalue weighted by molar-refractivity contribution is 5.90. The number of aromatic nitrogens is 2. The highest BCUT2D eigenvalue weighted by Gasteiger charge is 2.37. The summed E-state index contributed by atoms with van der Waals surface area (Å²) < 4.78 is 82.6. The van der Waals surface area contributed by atoms with Gasteiger partial charge in [-0.2, -0.15) is 31.4 Å². The highest BCUT2D eigenvalue weighted by Crippen LogP contribution is 2.37. The van der Waals surface area contributed by atoms with Crippen LogP contribution in [0.2, 0.25) is 0 Å². The van der Waals surface area contributed by atoms with E-state index in [1.807, 2.05) is 5.32 Å². The van der Waals surface area contributed by atoms with Crippen LogP contribution >= 0.6 is 0 Å². The van der Waals surface area contributed by atoms with E-state index >= 15 is 0 Å². The Morgan fingerprint density at radius 1 is 1.07 bits per heavy atom. The molecule has 0 aliphatic heterocycles. The quantitative estimate of drug-likeness (QED) is 0.608. The summed E-state index contributed by atoms with van der Waals surface area (Å²) >= 11 is 0. The van der Waals surface area contributed by atoms with Crippen molar-refractivity contribution >= 4 is 17.6 Å². The van der Waals surface area contributed by atoms with Gasteiger partial charge in [0.1, 0.15) is 6.54 Å². The number of hydrogen-bond acceptors (Lipinski definition) is 4. The molecular weight excluding hydrogens is 396 g/mol. The second-order valence-electron chi connectivity index (χ2n) is 5.58. The molecule has 0 radical (unpaired) electrons. The Labute approximate surface area is 154 Å². The first kappa shape index (κ1) is 21.3. The number of amides is 1. The summed E-state index contributed by atoms with van der Waals surface area (Å²) in [5, 5.41) is 5.77. The number of rotatable bonds is 5. The van der Waals surface area contributed by atoms with Crippen LogP contribution in [0.5, 0.6) is 0 Å². The van der Waals surface area contributed by atoms with E-state index in [1.165, 1.54) is 12.3 Å². The fourth-order valence-corrected chi connectivity index (χ4v) is 2.24. The molecule has 0 aliphatic carbocycles. The van der Waals surface area contributed by atoms with Crippen molar-refractivity contribution in [1.29, 1.82) is 0 Å². The lowest BCUT2D eigenvalue weighted by atomic mass is 10.1. The van der Waals surface area contributed by atoms with Gasteiger partial charge in [0.05, 0.1) is 30.4 Å². The highest BCUT2D eigenvalue weighted by atomic mass is 19.4. The fraction of sp³-hybridized carbons (Fsp3) is 0.312. The van der Waals surface area contributed by atoms with Crippen molar-refractivity contribution in [3.05, 3.63) is 47.3 Å². The zero-order valence-corrected chi connectivity index (χ0v) is 14.2. The van der Waals surface area contributed by atoms with Crippen LogP contribution in [0.1, 0.15) is 16.8 Å². The maximum atomic E-state index is 12.8. The Hall–Kier alpha value is -3.05. The van der Waals surface area contributed by atoms with Crippen molar-refractivity contribution in [2.24, 2.45) is 0 Å². The minimum Gasteiger partial charge on any atom is -0.469 e. The van der Waals surface area contributed by atoms with E-state index in [0.29, 0.717) is 12.1 Å². The van der Waals surface area contributed by atoms with Gasteiger partial charge in [0, 0.05) is 11.9 Å². The average Bonchev–Trinajstić information content (AvgIpc) is 2.99. The van der Waals surface area contributed by atoms with Crippen molar-refractivity contribution in [1.82, 2.24) is 9.78 Å². The number of halogens is 6. The lowest BCUT2D eigenvalue weighted by Crippen LogP contribution is -2.22. The summed E-state index contributed by atoms with van der Waals surface area (Å²) in [7, 11) is 1.15. The number of methoxy groups -OCH3 is 1. The minimum absolute atomic E-state index is 0.0440. The fourth-order valence-electron chi connectivity index (χ4n) is 2.24. The van der Waals surface area contributed by atoms with Gasteiger partial charge in [0.15, 0.2) is 0 Å². The van der Waals surface area contributed by atoms with Crippen molar-refractivity contribution in [2.45, 2.75) is 25.3 Å². The second kappa shape index (κ2) is 7.90. The van der Waals surface area contributed by atoms with E-state index in [2.05, 4.69) is 9.84 Å². The van der Waals surface area contributed by atoms with Gasteiger partial charge in [-0.25, -0.2) is 0 Å². The van der Waals surface area contributed by atoms with Crippen LogP contribution in [0.3, 0.4) is 0 Å². The van der Waals surface area contributed by atoms with E-state index in [-0.39, 0.29) is 18.2 Å². The Kier molecular flexibility index (Phi) is 6.00. The monoisotopic (exact) mass is 409 g/mol. The standard InChI is InChI=1S/C16H13F6N3O3/c1-28-14(27)7-12-2-3-23-25(12)8-13(26)24-11-5-9(15(17,18)19)4-10(6-11)16(20,21)22/h2-6H,7-8H2,1H3,(H,24,26). The Morgan fingerprint density at radius 2 is 1.64 bits per heavy atom. The molecule has 2 rings (SSSR count). The lowest BCUT2D eigenvalue weighted by molar-refractivity contribution is -0.143. The number of anilines is 1. The summed E-state index contributed by atoms with van der Waals surface area (Å²) in [4.78, 5) is 23.4. The third-order valence-corrected chi connectivity index (χ3v) is 3.52. The molecule has 0 spiro atoms. The van der Waals surface area contributed by atoms with Crippen LogP contribution in [0.15, 0.2) is 30.5 Å². The molecule has 0 fully saturated rings. The predicted octanol–water partition coefficient (Wildman–Crippen LogP) is 3.27. The number of benzene rings is 1. The second-order valence-corrected chi connectivity index (χ2v) is 5.58. The van der Waals surface area contributed by atoms with Gasteiger partial charge in [0.25, 0.3) is 0 Å². The molecule has 0 aliphatic rings. The first-order valence-electron chi connectivity index (χ1n) is 7.57. The Balaban J connectivity index is 2.22. The van der Waals surface area contributed by atoms with Crippen LogP contribution in [0.25, 0.3) is 0 Å². The summed E-state index contributed by atoms with van der Waals surface area (Å²) in [6.45, 7) is -0.531. The molecule has 152 valence electrons. The van der Waals surface area contributed by atoms with Gasteiger partial charge in [-0.3, -0.25) is 14.3 Å². The molecule has 0 bridgehead atoms. The Bertz CT molecular complexity index is 841. The van der Waals surface area contributed by atoms with Gasteiger partial charge in [-0.05, 0) is 24.3 Å². The smallest absolute Gasteiger partial charge is 0.416 e. The van der Waals surface area contributed by atoms with Gasteiger partial charge < -0.3 is 10.1 Å². The summed E-state index contributed by atoms with van der Waals surface area (Å²) in [5.41, 5.74) is -3.50. The molecule has 12 heteroatoms. The summed E-state index contributed by atoms with van der Waals surface area (Å²) in [6.07, 6.45) is -9.00. The zero-order valence-electron chi connectivity index (χ0n) is 14.2. The normalized spacial score (nSPS) is 12.0. The van der Waals surface area contributed by atoms with Crippen molar-refractivity contribution < 1.29 is 40.7 Å². The Morgan fingerprint density at radius 3 is 2.14 bits per heavy atom. The van der Waals surface area contributed by atoms with E-state index in [4.69, 9.17) is 0 Å². The van der Waals surface area contributed by atoms with E-state index < -0.39 is 47.6 Å². The maximum absolute atomic E-state index is 12.8. The van der Waals surface area contributed by atoms with Gasteiger partial charge in [0.2, 0.25) is 5.91 Å². The van der Waals surface area contributed by atoms with E-state index in [1.54, 1.807) is 0 Å². The van der Waals surface area contributed by atoms with Crippen LogP contribution in [0, 0.1) is 0 Å². The molecule has 28 heavy (non-hydrogen) atoms. The maximum Gasteiger partial charge on any atom is 0.416 e. The average molecular weight is 409 g/mol. The third kappa shape index (κ3) is 5.47. The molecule has 0 unspecified atom stereocenters. The van der Waals surface area contributed by atoms with Gasteiger partial charge in [-0.1, -0.05) is 0 Å². The summed E-state index contributed by atoms with van der Waals surface area (Å²) in [6, 6.07) is 2.16. The largest absolute Gasteiger partial charge is 0.469 e. The van der Waals surface area contributed by atoms with Crippen LogP contribution in [0.4, 0.5) is 32.0 Å². The molecule has 1 amide bonds. The number of nitrogens with zero attached hydrogens (tertiary/aromatic N) is 2. The molecular formula is C16H13F6N3O3. The van der Waals surface area contributed by atoms with Crippen LogP contribution in [-0.4, -0.2) is 28.8 Å². The molecule has 1 heterocycles. The molecule has 1 N–H and O–H groups in total. The van der Waals surface area contributed by atoms with Crippen molar-refractivity contribution in [3.63, 3.8) is 0 Å². The first-order chi connectivity index (χ1) is 12.9.